The Labute approximate surface area is 64.0 Å². The number of hydrogen-bond donors (Lipinski definition) is 0. The van der Waals surface area contributed by atoms with Crippen LogP contribution in [0, 0.1) is 16.7 Å². The highest BCUT2D eigenvalue weighted by atomic mass is 14.6. The van der Waals surface area contributed by atoms with Crippen LogP contribution in [0.15, 0.2) is 0 Å². The molecule has 0 aliphatic heterocycles. The van der Waals surface area contributed by atoms with Crippen molar-refractivity contribution in [1.29, 1.82) is 0 Å². The van der Waals surface area contributed by atoms with E-state index in [-0.39, 0.29) is 0 Å². The topological polar surface area (TPSA) is 0 Å². The third kappa shape index (κ3) is 0.538. The van der Waals surface area contributed by atoms with Crippen LogP contribution < -0.4 is 0 Å². The molecular formula is C10H17. The molecule has 0 unspecified atom stereocenters. The van der Waals surface area contributed by atoms with Gasteiger partial charge < -0.3 is 0 Å². The van der Waals surface area contributed by atoms with Crippen LogP contribution in [0.1, 0.15) is 46.5 Å². The van der Waals surface area contributed by atoms with E-state index in [4.69, 9.17) is 0 Å². The van der Waals surface area contributed by atoms with Crippen LogP contribution in [0.5, 0.6) is 0 Å². The number of hydrogen-bond acceptors (Lipinski definition) is 0. The molecule has 57 valence electrons. The van der Waals surface area contributed by atoms with E-state index < -0.39 is 0 Å². The van der Waals surface area contributed by atoms with E-state index >= 15 is 0 Å². The molecule has 0 amide bonds. The van der Waals surface area contributed by atoms with Crippen molar-refractivity contribution in [1.82, 2.24) is 0 Å². The van der Waals surface area contributed by atoms with E-state index in [1.54, 1.807) is 0 Å². The maximum atomic E-state index is 2.47. The van der Waals surface area contributed by atoms with Gasteiger partial charge in [-0.15, -0.1) is 0 Å². The van der Waals surface area contributed by atoms with Crippen molar-refractivity contribution in [3.63, 3.8) is 0 Å². The van der Waals surface area contributed by atoms with Crippen molar-refractivity contribution in [3.8, 4) is 0 Å². The molecule has 0 heteroatoms. The molecule has 2 saturated carbocycles. The van der Waals surface area contributed by atoms with Crippen LogP contribution in [0.3, 0.4) is 0 Å². The maximum Gasteiger partial charge on any atom is -0.0179 e. The standard InChI is InChI=1S/C10H17/c1-9(2)8-4-6-10(9,3)7-5-8/h4-7H2,1-3H3. The predicted octanol–water partition coefficient (Wildman–Crippen LogP) is 3.18. The van der Waals surface area contributed by atoms with Gasteiger partial charge in [-0.2, -0.15) is 0 Å². The summed E-state index contributed by atoms with van der Waals surface area (Å²) in [4.78, 5) is 0. The Morgan fingerprint density at radius 1 is 1.00 bits per heavy atom. The lowest BCUT2D eigenvalue weighted by molar-refractivity contribution is 0.179. The zero-order valence-electron chi connectivity index (χ0n) is 7.33. The van der Waals surface area contributed by atoms with Gasteiger partial charge in [0.05, 0.1) is 0 Å². The smallest absolute Gasteiger partial charge is 0.0179 e. The Hall–Kier alpha value is 0. The molecule has 10 heavy (non-hydrogen) atoms. The van der Waals surface area contributed by atoms with Crippen molar-refractivity contribution < 1.29 is 0 Å². The summed E-state index contributed by atoms with van der Waals surface area (Å²) in [7, 11) is 0. The maximum absolute atomic E-state index is 2.47. The minimum Gasteiger partial charge on any atom is -0.0591 e. The second-order valence-corrected chi connectivity index (χ2v) is 4.79. The first-order valence-corrected chi connectivity index (χ1v) is 4.41. The molecule has 0 spiro atoms. The van der Waals surface area contributed by atoms with E-state index in [2.05, 4.69) is 20.8 Å². The van der Waals surface area contributed by atoms with E-state index in [1.165, 1.54) is 25.7 Å². The number of rotatable bonds is 0. The SMILES string of the molecule is CC12CC[C](CC1)C2(C)C. The first-order valence-electron chi connectivity index (χ1n) is 4.41. The summed E-state index contributed by atoms with van der Waals surface area (Å²) in [6.07, 6.45) is 5.75. The molecule has 0 heterocycles. The van der Waals surface area contributed by atoms with E-state index in [0.29, 0.717) is 10.8 Å². The fourth-order valence-corrected chi connectivity index (χ4v) is 2.78. The van der Waals surface area contributed by atoms with E-state index in [9.17, 15) is 0 Å². The largest absolute Gasteiger partial charge is 0.0591 e. The Kier molecular flexibility index (Phi) is 1.07. The van der Waals surface area contributed by atoms with Crippen LogP contribution in [0.4, 0.5) is 0 Å². The van der Waals surface area contributed by atoms with Crippen molar-refractivity contribution in [3.05, 3.63) is 5.92 Å². The Morgan fingerprint density at radius 3 is 1.60 bits per heavy atom. The lowest BCUT2D eigenvalue weighted by Crippen LogP contribution is -2.25. The van der Waals surface area contributed by atoms with Crippen molar-refractivity contribution in [2.45, 2.75) is 46.5 Å². The summed E-state index contributed by atoms with van der Waals surface area (Å²) < 4.78 is 0. The average Bonchev–Trinajstić information content (AvgIpc) is 2.18. The molecule has 0 aromatic rings. The second-order valence-electron chi connectivity index (χ2n) is 4.79. The van der Waals surface area contributed by atoms with Crippen molar-refractivity contribution in [2.75, 3.05) is 0 Å². The fraction of sp³-hybridized carbons (Fsp3) is 0.900. The quantitative estimate of drug-likeness (QED) is 0.481. The molecular weight excluding hydrogens is 120 g/mol. The minimum atomic E-state index is 0.576. The highest BCUT2D eigenvalue weighted by Crippen LogP contribution is 2.66. The van der Waals surface area contributed by atoms with Gasteiger partial charge in [-0.05, 0) is 42.4 Å². The summed E-state index contributed by atoms with van der Waals surface area (Å²) in [6.45, 7) is 7.33. The normalized spacial score (nSPS) is 35.1. The van der Waals surface area contributed by atoms with Crippen molar-refractivity contribution >= 4 is 0 Å². The van der Waals surface area contributed by atoms with Gasteiger partial charge in [-0.25, -0.2) is 0 Å². The summed E-state index contributed by atoms with van der Waals surface area (Å²) in [5.41, 5.74) is 1.25. The van der Waals surface area contributed by atoms with Gasteiger partial charge in [-0.3, -0.25) is 0 Å². The van der Waals surface area contributed by atoms with Crippen LogP contribution in [-0.2, 0) is 0 Å². The van der Waals surface area contributed by atoms with Gasteiger partial charge in [0, 0.05) is 0 Å². The summed E-state index contributed by atoms with van der Waals surface area (Å²) >= 11 is 0. The van der Waals surface area contributed by atoms with Gasteiger partial charge >= 0.3 is 0 Å². The van der Waals surface area contributed by atoms with E-state index in [0.717, 1.165) is 0 Å². The molecule has 0 saturated heterocycles. The first-order chi connectivity index (χ1) is 4.56. The Balaban J connectivity index is 2.37. The van der Waals surface area contributed by atoms with Gasteiger partial charge in [0.1, 0.15) is 0 Å². The van der Waals surface area contributed by atoms with Gasteiger partial charge in [0.2, 0.25) is 0 Å². The van der Waals surface area contributed by atoms with Gasteiger partial charge in [0.15, 0.2) is 0 Å². The molecule has 0 aromatic carbocycles. The zero-order valence-corrected chi connectivity index (χ0v) is 7.33. The summed E-state index contributed by atoms with van der Waals surface area (Å²) in [5.74, 6) is 1.84. The van der Waals surface area contributed by atoms with Crippen LogP contribution >= 0.6 is 0 Å². The second kappa shape index (κ2) is 1.60. The molecule has 0 aromatic heterocycles. The third-order valence-corrected chi connectivity index (χ3v) is 4.35. The first kappa shape index (κ1) is 6.69. The lowest BCUT2D eigenvalue weighted by atomic mass is 9.71. The fourth-order valence-electron chi connectivity index (χ4n) is 2.78. The molecule has 2 aliphatic rings. The Bertz CT molecular complexity index is 145. The predicted molar refractivity (Wildman–Crippen MR) is 43.6 cm³/mol. The average molecular weight is 137 g/mol. The van der Waals surface area contributed by atoms with Crippen molar-refractivity contribution in [2.24, 2.45) is 10.8 Å². The summed E-state index contributed by atoms with van der Waals surface area (Å²) in [5, 5.41) is 0. The zero-order chi connectivity index (χ0) is 7.41. The summed E-state index contributed by atoms with van der Waals surface area (Å²) in [6, 6.07) is 0. The third-order valence-electron chi connectivity index (χ3n) is 4.35. The van der Waals surface area contributed by atoms with Gasteiger partial charge in [0.25, 0.3) is 0 Å². The molecule has 0 nitrogen and oxygen atoms in total. The highest BCUT2D eigenvalue weighted by molar-refractivity contribution is 5.21. The molecule has 2 bridgehead atoms. The van der Waals surface area contributed by atoms with Gasteiger partial charge in [-0.1, -0.05) is 20.8 Å². The van der Waals surface area contributed by atoms with E-state index in [1.807, 2.05) is 5.92 Å². The molecule has 0 atom stereocenters. The molecule has 2 rings (SSSR count). The molecule has 2 fully saturated rings. The van der Waals surface area contributed by atoms with Crippen LogP contribution in [-0.4, -0.2) is 0 Å². The molecule has 1 radical (unpaired) electrons. The molecule has 2 aliphatic carbocycles. The molecule has 0 N–H and O–H groups in total. The highest BCUT2D eigenvalue weighted by Gasteiger charge is 2.55. The number of fused-ring (bicyclic) bond motifs is 2. The Morgan fingerprint density at radius 2 is 1.50 bits per heavy atom. The van der Waals surface area contributed by atoms with Crippen LogP contribution in [0.25, 0.3) is 0 Å². The monoisotopic (exact) mass is 137 g/mol. The lowest BCUT2D eigenvalue weighted by Gasteiger charge is -2.34. The van der Waals surface area contributed by atoms with Crippen LogP contribution in [0.2, 0.25) is 0 Å². The minimum absolute atomic E-state index is 0.576.